The van der Waals surface area contributed by atoms with E-state index >= 15 is 0 Å². The van der Waals surface area contributed by atoms with Gasteiger partial charge in [-0.2, -0.15) is 0 Å². The summed E-state index contributed by atoms with van der Waals surface area (Å²) < 4.78 is 5.29. The number of rotatable bonds is 5. The summed E-state index contributed by atoms with van der Waals surface area (Å²) >= 11 is 0. The fourth-order valence-electron chi connectivity index (χ4n) is 2.82. The monoisotopic (exact) mass is 325 g/mol. The van der Waals surface area contributed by atoms with Crippen molar-refractivity contribution < 1.29 is 9.53 Å². The van der Waals surface area contributed by atoms with Crippen LogP contribution in [-0.4, -0.2) is 48.6 Å². The highest BCUT2D eigenvalue weighted by molar-refractivity contribution is 5.92. The highest BCUT2D eigenvalue weighted by atomic mass is 16.5. The van der Waals surface area contributed by atoms with Crippen molar-refractivity contribution in [1.82, 2.24) is 9.88 Å². The summed E-state index contributed by atoms with van der Waals surface area (Å²) in [5.41, 5.74) is 2.78. The molecular weight excluding hydrogens is 302 g/mol. The van der Waals surface area contributed by atoms with Crippen molar-refractivity contribution in [3.05, 3.63) is 59.9 Å². The fraction of sp³-hybridized carbons (Fsp3) is 0.368. The molecule has 0 spiro atoms. The SMILES string of the molecule is CCN(Cc1ccccc1)c1ccc(C(=O)N2CCOCC2)nc1. The summed E-state index contributed by atoms with van der Waals surface area (Å²) in [6.07, 6.45) is 1.79. The summed E-state index contributed by atoms with van der Waals surface area (Å²) in [4.78, 5) is 20.9. The van der Waals surface area contributed by atoms with E-state index in [-0.39, 0.29) is 5.91 Å². The summed E-state index contributed by atoms with van der Waals surface area (Å²) in [6, 6.07) is 14.1. The lowest BCUT2D eigenvalue weighted by Gasteiger charge is -2.27. The van der Waals surface area contributed by atoms with Crippen LogP contribution >= 0.6 is 0 Å². The third-order valence-corrected chi connectivity index (χ3v) is 4.23. The predicted octanol–water partition coefficient (Wildman–Crippen LogP) is 2.58. The quantitative estimate of drug-likeness (QED) is 0.848. The summed E-state index contributed by atoms with van der Waals surface area (Å²) in [5, 5.41) is 0. The first-order valence-electron chi connectivity index (χ1n) is 8.40. The molecule has 3 rings (SSSR count). The molecule has 126 valence electrons. The molecule has 0 atom stereocenters. The number of benzene rings is 1. The number of carbonyl (C=O) groups is 1. The molecule has 1 aromatic heterocycles. The molecule has 2 aromatic rings. The maximum Gasteiger partial charge on any atom is 0.272 e. The first-order chi connectivity index (χ1) is 11.8. The predicted molar refractivity (Wildman–Crippen MR) is 94.1 cm³/mol. The van der Waals surface area contributed by atoms with E-state index < -0.39 is 0 Å². The van der Waals surface area contributed by atoms with Gasteiger partial charge in [-0.1, -0.05) is 30.3 Å². The first kappa shape index (κ1) is 16.5. The summed E-state index contributed by atoms with van der Waals surface area (Å²) in [5.74, 6) is -0.0176. The van der Waals surface area contributed by atoms with Crippen molar-refractivity contribution in [3.8, 4) is 0 Å². The molecule has 0 saturated carbocycles. The number of amides is 1. The largest absolute Gasteiger partial charge is 0.378 e. The van der Waals surface area contributed by atoms with E-state index in [1.54, 1.807) is 11.1 Å². The van der Waals surface area contributed by atoms with Gasteiger partial charge in [-0.05, 0) is 24.6 Å². The number of aromatic nitrogens is 1. The standard InChI is InChI=1S/C19H23N3O2/c1-2-21(15-16-6-4-3-5-7-16)17-8-9-18(20-14-17)19(23)22-10-12-24-13-11-22/h3-9,14H,2,10-13,15H2,1H3. The van der Waals surface area contributed by atoms with Crippen molar-refractivity contribution in [3.63, 3.8) is 0 Å². The molecule has 0 bridgehead atoms. The Bertz CT molecular complexity index is 652. The second kappa shape index (κ2) is 7.93. The average molecular weight is 325 g/mol. The molecule has 1 fully saturated rings. The van der Waals surface area contributed by atoms with Gasteiger partial charge in [0.05, 0.1) is 25.1 Å². The van der Waals surface area contributed by atoms with E-state index in [9.17, 15) is 4.79 Å². The van der Waals surface area contributed by atoms with E-state index in [1.165, 1.54) is 5.56 Å². The van der Waals surface area contributed by atoms with Crippen LogP contribution in [0.15, 0.2) is 48.7 Å². The number of morpholine rings is 1. The Balaban J connectivity index is 1.69. The average Bonchev–Trinajstić information content (AvgIpc) is 2.67. The zero-order valence-corrected chi connectivity index (χ0v) is 14.0. The van der Waals surface area contributed by atoms with Gasteiger partial charge >= 0.3 is 0 Å². The first-order valence-corrected chi connectivity index (χ1v) is 8.40. The molecule has 1 amide bonds. The summed E-state index contributed by atoms with van der Waals surface area (Å²) in [7, 11) is 0. The van der Waals surface area contributed by atoms with Gasteiger partial charge in [0.1, 0.15) is 5.69 Å². The maximum atomic E-state index is 12.4. The highest BCUT2D eigenvalue weighted by Crippen LogP contribution is 2.17. The Labute approximate surface area is 142 Å². The Hall–Kier alpha value is -2.40. The van der Waals surface area contributed by atoms with Gasteiger partial charge in [-0.3, -0.25) is 4.79 Å². The van der Waals surface area contributed by atoms with Gasteiger partial charge in [0.25, 0.3) is 5.91 Å². The van der Waals surface area contributed by atoms with Crippen molar-refractivity contribution in [1.29, 1.82) is 0 Å². The minimum Gasteiger partial charge on any atom is -0.378 e. The minimum atomic E-state index is -0.0176. The molecule has 1 aromatic carbocycles. The molecule has 24 heavy (non-hydrogen) atoms. The van der Waals surface area contributed by atoms with Gasteiger partial charge in [-0.15, -0.1) is 0 Å². The molecular formula is C19H23N3O2. The molecule has 1 aliphatic rings. The van der Waals surface area contributed by atoms with Crippen molar-refractivity contribution in [2.75, 3.05) is 37.7 Å². The molecule has 0 N–H and O–H groups in total. The Morgan fingerprint density at radius 1 is 1.17 bits per heavy atom. The van der Waals surface area contributed by atoms with Crippen LogP contribution in [0.4, 0.5) is 5.69 Å². The Kier molecular flexibility index (Phi) is 5.43. The zero-order valence-electron chi connectivity index (χ0n) is 14.0. The number of nitrogens with zero attached hydrogens (tertiary/aromatic N) is 3. The normalized spacial score (nSPS) is 14.5. The second-order valence-corrected chi connectivity index (χ2v) is 5.81. The van der Waals surface area contributed by atoms with Crippen molar-refractivity contribution in [2.45, 2.75) is 13.5 Å². The lowest BCUT2D eigenvalue weighted by atomic mass is 10.2. The lowest BCUT2D eigenvalue weighted by molar-refractivity contribution is 0.0299. The van der Waals surface area contributed by atoms with Crippen LogP contribution in [0.25, 0.3) is 0 Å². The number of pyridine rings is 1. The van der Waals surface area contributed by atoms with E-state index in [0.29, 0.717) is 32.0 Å². The number of hydrogen-bond donors (Lipinski definition) is 0. The van der Waals surface area contributed by atoms with Crippen LogP contribution in [0, 0.1) is 0 Å². The van der Waals surface area contributed by atoms with E-state index in [4.69, 9.17) is 4.74 Å². The molecule has 0 radical (unpaired) electrons. The molecule has 2 heterocycles. The van der Waals surface area contributed by atoms with Gasteiger partial charge in [0.2, 0.25) is 0 Å². The zero-order chi connectivity index (χ0) is 16.8. The van der Waals surface area contributed by atoms with Crippen molar-refractivity contribution in [2.24, 2.45) is 0 Å². The molecule has 5 nitrogen and oxygen atoms in total. The molecule has 0 aliphatic carbocycles. The number of ether oxygens (including phenoxy) is 1. The maximum absolute atomic E-state index is 12.4. The van der Waals surface area contributed by atoms with Crippen LogP contribution in [0.1, 0.15) is 23.0 Å². The Morgan fingerprint density at radius 3 is 2.54 bits per heavy atom. The topological polar surface area (TPSA) is 45.7 Å². The van der Waals surface area contributed by atoms with Crippen LogP contribution in [0.3, 0.4) is 0 Å². The van der Waals surface area contributed by atoms with Gasteiger partial charge in [-0.25, -0.2) is 4.98 Å². The van der Waals surface area contributed by atoms with Gasteiger partial charge in [0.15, 0.2) is 0 Å². The van der Waals surface area contributed by atoms with Crippen LogP contribution in [0.2, 0.25) is 0 Å². The molecule has 0 unspecified atom stereocenters. The minimum absolute atomic E-state index is 0.0176. The number of hydrogen-bond acceptors (Lipinski definition) is 4. The number of anilines is 1. The van der Waals surface area contributed by atoms with E-state index in [1.807, 2.05) is 30.3 Å². The smallest absolute Gasteiger partial charge is 0.272 e. The van der Waals surface area contributed by atoms with Gasteiger partial charge < -0.3 is 14.5 Å². The van der Waals surface area contributed by atoms with Crippen LogP contribution in [0.5, 0.6) is 0 Å². The van der Waals surface area contributed by atoms with Crippen molar-refractivity contribution >= 4 is 11.6 Å². The number of carbonyl (C=O) groups excluding carboxylic acids is 1. The third kappa shape index (κ3) is 3.92. The summed E-state index contributed by atoms with van der Waals surface area (Å²) in [6.45, 7) is 6.31. The van der Waals surface area contributed by atoms with Crippen LogP contribution in [-0.2, 0) is 11.3 Å². The Morgan fingerprint density at radius 2 is 1.92 bits per heavy atom. The highest BCUT2D eigenvalue weighted by Gasteiger charge is 2.19. The van der Waals surface area contributed by atoms with E-state index in [0.717, 1.165) is 18.8 Å². The van der Waals surface area contributed by atoms with Crippen LogP contribution < -0.4 is 4.90 Å². The lowest BCUT2D eigenvalue weighted by Crippen LogP contribution is -2.41. The second-order valence-electron chi connectivity index (χ2n) is 5.81. The van der Waals surface area contributed by atoms with E-state index in [2.05, 4.69) is 28.9 Å². The fourth-order valence-corrected chi connectivity index (χ4v) is 2.82. The third-order valence-electron chi connectivity index (χ3n) is 4.23. The molecule has 1 saturated heterocycles. The molecule has 1 aliphatic heterocycles. The van der Waals surface area contributed by atoms with Gasteiger partial charge in [0, 0.05) is 26.2 Å². The molecule has 5 heteroatoms.